The molecule has 0 unspecified atom stereocenters. The third kappa shape index (κ3) is 3.93. The van der Waals surface area contributed by atoms with Crippen LogP contribution in [0.15, 0.2) is 91.0 Å². The van der Waals surface area contributed by atoms with Gasteiger partial charge < -0.3 is 0 Å². The molecule has 0 heterocycles. The van der Waals surface area contributed by atoms with E-state index in [0.29, 0.717) is 0 Å². The second-order valence-electron chi connectivity index (χ2n) is 5.49. The predicted octanol–water partition coefficient (Wildman–Crippen LogP) is 3.68. The van der Waals surface area contributed by atoms with E-state index < -0.39 is 8.80 Å². The minimum Gasteiger partial charge on any atom is -0.0633 e. The van der Waals surface area contributed by atoms with Crippen molar-refractivity contribution in [2.24, 2.45) is 0 Å². The fraction of sp³-hybridized carbons (Fsp3) is 0.100. The molecule has 0 N–H and O–H groups in total. The molecule has 0 spiro atoms. The van der Waals surface area contributed by atoms with Crippen LogP contribution in [0.4, 0.5) is 0 Å². The summed E-state index contributed by atoms with van der Waals surface area (Å²) in [4.78, 5) is 0. The molecule has 0 bridgehead atoms. The monoisotopic (exact) mass is 288 g/mol. The Morgan fingerprint density at radius 3 is 1.29 bits per heavy atom. The molecule has 0 aliphatic carbocycles. The Bertz CT molecular complexity index is 606. The Morgan fingerprint density at radius 1 is 0.476 bits per heavy atom. The second kappa shape index (κ2) is 7.05. The van der Waals surface area contributed by atoms with Gasteiger partial charge in [0, 0.05) is 0 Å². The van der Waals surface area contributed by atoms with Gasteiger partial charge in [-0.25, -0.2) is 0 Å². The average molecular weight is 288 g/mol. The van der Waals surface area contributed by atoms with Gasteiger partial charge in [-0.1, -0.05) is 107 Å². The maximum absolute atomic E-state index is 2.31. The Balaban J connectivity index is 1.84. The van der Waals surface area contributed by atoms with E-state index >= 15 is 0 Å². The van der Waals surface area contributed by atoms with Gasteiger partial charge in [0.2, 0.25) is 0 Å². The van der Waals surface area contributed by atoms with E-state index in [-0.39, 0.29) is 0 Å². The van der Waals surface area contributed by atoms with Crippen molar-refractivity contribution in [2.45, 2.75) is 12.1 Å². The van der Waals surface area contributed by atoms with Gasteiger partial charge in [-0.05, 0) is 12.1 Å². The lowest BCUT2D eigenvalue weighted by molar-refractivity contribution is 1.27. The summed E-state index contributed by atoms with van der Waals surface area (Å²) in [5, 5.41) is 1.56. The van der Waals surface area contributed by atoms with Crippen LogP contribution in [0.25, 0.3) is 0 Å². The van der Waals surface area contributed by atoms with E-state index in [1.165, 1.54) is 23.2 Å². The lowest BCUT2D eigenvalue weighted by atomic mass is 10.2. The van der Waals surface area contributed by atoms with E-state index in [0.717, 1.165) is 0 Å². The molecule has 0 saturated carbocycles. The Morgan fingerprint density at radius 2 is 0.857 bits per heavy atom. The minimum atomic E-state index is -1.05. The van der Waals surface area contributed by atoms with Crippen molar-refractivity contribution in [2.75, 3.05) is 0 Å². The van der Waals surface area contributed by atoms with Crippen LogP contribution in [-0.4, -0.2) is 8.80 Å². The smallest absolute Gasteiger partial charge is 0.0633 e. The van der Waals surface area contributed by atoms with Gasteiger partial charge in [0.1, 0.15) is 0 Å². The zero-order chi connectivity index (χ0) is 14.3. The van der Waals surface area contributed by atoms with Gasteiger partial charge in [0.05, 0.1) is 8.80 Å². The standard InChI is InChI=1S/C20H20Si/c1-4-10-18(11-5-1)16-21(20-14-8-3-9-15-20)17-19-12-6-2-7-13-19/h1-15,21H,16-17H2. The van der Waals surface area contributed by atoms with Gasteiger partial charge in [0.25, 0.3) is 0 Å². The fourth-order valence-electron chi connectivity index (χ4n) is 2.83. The van der Waals surface area contributed by atoms with Crippen LogP contribution in [0.3, 0.4) is 0 Å². The number of benzene rings is 3. The fourth-order valence-corrected chi connectivity index (χ4v) is 5.89. The van der Waals surface area contributed by atoms with Gasteiger partial charge in [0.15, 0.2) is 0 Å². The van der Waals surface area contributed by atoms with Crippen LogP contribution in [-0.2, 0) is 12.1 Å². The molecule has 0 amide bonds. The molecule has 3 aromatic carbocycles. The van der Waals surface area contributed by atoms with Crippen LogP contribution in [0.5, 0.6) is 0 Å². The van der Waals surface area contributed by atoms with Crippen molar-refractivity contribution in [1.82, 2.24) is 0 Å². The molecule has 0 aromatic heterocycles. The van der Waals surface area contributed by atoms with Crippen molar-refractivity contribution in [3.63, 3.8) is 0 Å². The molecule has 3 aromatic rings. The molecule has 3 rings (SSSR count). The van der Waals surface area contributed by atoms with Crippen molar-refractivity contribution >= 4 is 14.0 Å². The van der Waals surface area contributed by atoms with E-state index in [2.05, 4.69) is 91.0 Å². The Labute approximate surface area is 128 Å². The molecule has 104 valence electrons. The van der Waals surface area contributed by atoms with Crippen molar-refractivity contribution in [3.8, 4) is 0 Å². The summed E-state index contributed by atoms with van der Waals surface area (Å²) in [5.74, 6) is 0. The molecule has 0 atom stereocenters. The first-order valence-electron chi connectivity index (χ1n) is 7.54. The average Bonchev–Trinajstić information content (AvgIpc) is 2.57. The summed E-state index contributed by atoms with van der Waals surface area (Å²) >= 11 is 0. The zero-order valence-corrected chi connectivity index (χ0v) is 13.3. The summed E-state index contributed by atoms with van der Waals surface area (Å²) in [6, 6.07) is 35.3. The summed E-state index contributed by atoms with van der Waals surface area (Å²) in [6.45, 7) is 0. The normalized spacial score (nSPS) is 10.7. The van der Waals surface area contributed by atoms with Crippen molar-refractivity contribution < 1.29 is 0 Å². The molecule has 1 heteroatoms. The van der Waals surface area contributed by atoms with E-state index in [9.17, 15) is 0 Å². The molecule has 21 heavy (non-hydrogen) atoms. The van der Waals surface area contributed by atoms with Gasteiger partial charge >= 0.3 is 0 Å². The predicted molar refractivity (Wildman–Crippen MR) is 93.5 cm³/mol. The maximum atomic E-state index is 2.31. The number of rotatable bonds is 5. The quantitative estimate of drug-likeness (QED) is 0.628. The highest BCUT2D eigenvalue weighted by Crippen LogP contribution is 2.09. The van der Waals surface area contributed by atoms with E-state index in [1.54, 1.807) is 5.19 Å². The van der Waals surface area contributed by atoms with Crippen LogP contribution in [0.1, 0.15) is 11.1 Å². The van der Waals surface area contributed by atoms with E-state index in [4.69, 9.17) is 0 Å². The SMILES string of the molecule is c1ccc(C[SiH](Cc2ccccc2)c2ccccc2)cc1. The lowest BCUT2D eigenvalue weighted by Crippen LogP contribution is -2.35. The highest BCUT2D eigenvalue weighted by molar-refractivity contribution is 6.72. The minimum absolute atomic E-state index is 1.05. The molecule has 0 radical (unpaired) electrons. The highest BCUT2D eigenvalue weighted by atomic mass is 28.3. The maximum Gasteiger partial charge on any atom is 0.0794 e. The van der Waals surface area contributed by atoms with Gasteiger partial charge in [-0.15, -0.1) is 0 Å². The first-order valence-corrected chi connectivity index (χ1v) is 9.75. The molecule has 0 nitrogen and oxygen atoms in total. The molecule has 0 fully saturated rings. The largest absolute Gasteiger partial charge is 0.0794 e. The van der Waals surface area contributed by atoms with Gasteiger partial charge in [-0.3, -0.25) is 0 Å². The van der Waals surface area contributed by atoms with E-state index in [1.807, 2.05) is 0 Å². The molecular formula is C20H20Si. The first kappa shape index (κ1) is 13.8. The Kier molecular flexibility index (Phi) is 4.65. The number of hydrogen-bond donors (Lipinski definition) is 0. The molecular weight excluding hydrogens is 268 g/mol. The topological polar surface area (TPSA) is 0 Å². The summed E-state index contributed by atoms with van der Waals surface area (Å²) in [5.41, 5.74) is 2.93. The second-order valence-corrected chi connectivity index (χ2v) is 8.36. The number of hydrogen-bond acceptors (Lipinski definition) is 0. The van der Waals surface area contributed by atoms with Crippen LogP contribution in [0, 0.1) is 0 Å². The third-order valence-electron chi connectivity index (χ3n) is 3.92. The highest BCUT2D eigenvalue weighted by Gasteiger charge is 2.14. The van der Waals surface area contributed by atoms with Crippen molar-refractivity contribution in [3.05, 3.63) is 102 Å². The molecule has 0 aliphatic rings. The molecule has 0 saturated heterocycles. The van der Waals surface area contributed by atoms with Gasteiger partial charge in [-0.2, -0.15) is 0 Å². The summed E-state index contributed by atoms with van der Waals surface area (Å²) in [7, 11) is -1.05. The van der Waals surface area contributed by atoms with Crippen LogP contribution >= 0.6 is 0 Å². The van der Waals surface area contributed by atoms with Crippen LogP contribution in [0.2, 0.25) is 0 Å². The van der Waals surface area contributed by atoms with Crippen molar-refractivity contribution in [1.29, 1.82) is 0 Å². The summed E-state index contributed by atoms with van der Waals surface area (Å²) in [6.07, 6.45) is 0. The third-order valence-corrected chi connectivity index (χ3v) is 7.18. The Hall–Kier alpha value is -2.12. The summed E-state index contributed by atoms with van der Waals surface area (Å²) < 4.78 is 0. The van der Waals surface area contributed by atoms with Crippen LogP contribution < -0.4 is 5.19 Å². The lowest BCUT2D eigenvalue weighted by Gasteiger charge is -2.16. The molecule has 0 aliphatic heterocycles. The zero-order valence-electron chi connectivity index (χ0n) is 12.2. The first-order chi connectivity index (χ1) is 10.4.